The van der Waals surface area contributed by atoms with Gasteiger partial charge in [-0.3, -0.25) is 0 Å². The molecule has 2 fully saturated rings. The highest BCUT2D eigenvalue weighted by Gasteiger charge is 2.45. The Bertz CT molecular complexity index is 1930. The van der Waals surface area contributed by atoms with Crippen LogP contribution < -0.4 is 10.6 Å². The Hall–Kier alpha value is -4.92. The van der Waals surface area contributed by atoms with Crippen LogP contribution in [0.3, 0.4) is 0 Å². The molecular formula is C37H42F2N8O4. The number of halogens is 2. The standard InChI is InChI=1S/C37H42F2N8O4/c1-3-28(4-2)47-36(48)46(26-42-47)31-11-9-30(10-12-31)44-18-16-43(17-19-44)29-6-5-7-32(14-13-29)49-21-35-50-23-37(51-35,22-45-25-40-24-41-45)33-15-8-27(38)20-34(33)39/h5-15,20,24-26,28,32,35H,3-4,16-19,21-23H2,1-2H3/t32?,35-,37?/m0/s1. The Kier molecular flexibility index (Phi) is 10.2. The van der Waals surface area contributed by atoms with Crippen molar-refractivity contribution in [2.24, 2.45) is 0 Å². The minimum Gasteiger partial charge on any atom is -0.368 e. The number of piperazine rings is 1. The minimum atomic E-state index is -1.23. The molecule has 7 rings (SSSR count). The smallest absolute Gasteiger partial charge is 0.350 e. The molecule has 0 bridgehead atoms. The maximum atomic E-state index is 15.0. The summed E-state index contributed by atoms with van der Waals surface area (Å²) in [6.07, 6.45) is 15.2. The van der Waals surface area contributed by atoms with Crippen molar-refractivity contribution in [2.45, 2.75) is 57.3 Å². The van der Waals surface area contributed by atoms with Gasteiger partial charge in [0, 0.05) is 49.2 Å². The Morgan fingerprint density at radius 3 is 2.45 bits per heavy atom. The molecule has 51 heavy (non-hydrogen) atoms. The number of rotatable bonds is 12. The molecule has 1 aliphatic carbocycles. The fourth-order valence-electron chi connectivity index (χ4n) is 6.89. The third-order valence-corrected chi connectivity index (χ3v) is 9.73. The van der Waals surface area contributed by atoms with Crippen LogP contribution >= 0.6 is 0 Å². The summed E-state index contributed by atoms with van der Waals surface area (Å²) in [5, 5.41) is 8.50. The van der Waals surface area contributed by atoms with Gasteiger partial charge in [-0.05, 0) is 61.4 Å². The SMILES string of the molecule is CCC(CC)n1ncn(-c2ccc(N3CCN(C4=CC=CC(OC[C@H]5OCC(Cn6cncn6)(c6ccc(F)cc6F)O5)C=C4)CC3)cc2)c1=O. The quantitative estimate of drug-likeness (QED) is 0.207. The largest absolute Gasteiger partial charge is 0.368 e. The van der Waals surface area contributed by atoms with Crippen molar-refractivity contribution in [3.8, 4) is 5.69 Å². The zero-order chi connectivity index (χ0) is 35.4. The molecule has 3 atom stereocenters. The number of allylic oxidation sites excluding steroid dienone is 3. The molecule has 268 valence electrons. The third kappa shape index (κ3) is 7.43. The van der Waals surface area contributed by atoms with Gasteiger partial charge in [0.15, 0.2) is 6.29 Å². The average molecular weight is 701 g/mol. The predicted octanol–water partition coefficient (Wildman–Crippen LogP) is 4.75. The van der Waals surface area contributed by atoms with E-state index >= 15 is 0 Å². The van der Waals surface area contributed by atoms with Gasteiger partial charge in [-0.1, -0.05) is 32.1 Å². The van der Waals surface area contributed by atoms with Crippen molar-refractivity contribution in [3.63, 3.8) is 0 Å². The Labute approximate surface area is 294 Å². The Balaban J connectivity index is 0.917. The Morgan fingerprint density at radius 2 is 1.73 bits per heavy atom. The first-order valence-corrected chi connectivity index (χ1v) is 17.4. The fourth-order valence-corrected chi connectivity index (χ4v) is 6.89. The molecule has 12 nitrogen and oxygen atoms in total. The number of nitrogens with zero attached hydrogens (tertiary/aromatic N) is 8. The van der Waals surface area contributed by atoms with E-state index < -0.39 is 23.5 Å². The molecule has 2 aromatic carbocycles. The summed E-state index contributed by atoms with van der Waals surface area (Å²) in [7, 11) is 0. The van der Waals surface area contributed by atoms with Crippen molar-refractivity contribution in [1.82, 2.24) is 34.0 Å². The molecule has 0 saturated carbocycles. The predicted molar refractivity (Wildman–Crippen MR) is 186 cm³/mol. The molecule has 2 unspecified atom stereocenters. The van der Waals surface area contributed by atoms with E-state index in [1.165, 1.54) is 29.5 Å². The summed E-state index contributed by atoms with van der Waals surface area (Å²) in [6.45, 7) is 7.79. The van der Waals surface area contributed by atoms with E-state index in [9.17, 15) is 13.6 Å². The second-order valence-corrected chi connectivity index (χ2v) is 12.9. The molecule has 14 heteroatoms. The van der Waals surface area contributed by atoms with E-state index in [0.29, 0.717) is 0 Å². The van der Waals surface area contributed by atoms with E-state index in [4.69, 9.17) is 14.2 Å². The van der Waals surface area contributed by atoms with Gasteiger partial charge in [-0.25, -0.2) is 32.5 Å². The van der Waals surface area contributed by atoms with Gasteiger partial charge in [0.05, 0.1) is 37.6 Å². The van der Waals surface area contributed by atoms with E-state index in [2.05, 4.69) is 63.1 Å². The minimum absolute atomic E-state index is 0.0335. The lowest BCUT2D eigenvalue weighted by Gasteiger charge is -2.38. The molecule has 2 aliphatic heterocycles. The average Bonchev–Trinajstić information content (AvgIpc) is 3.86. The van der Waals surface area contributed by atoms with E-state index in [1.807, 2.05) is 30.4 Å². The van der Waals surface area contributed by atoms with E-state index in [-0.39, 0.29) is 43.2 Å². The number of ether oxygens (including phenoxy) is 3. The number of hydrogen-bond acceptors (Lipinski definition) is 9. The van der Waals surface area contributed by atoms with Crippen LogP contribution in [-0.4, -0.2) is 85.8 Å². The number of benzene rings is 2. The first-order valence-electron chi connectivity index (χ1n) is 17.4. The molecule has 2 aromatic heterocycles. The zero-order valence-electron chi connectivity index (χ0n) is 28.7. The summed E-state index contributed by atoms with van der Waals surface area (Å²) in [5.74, 6) is -1.39. The summed E-state index contributed by atoms with van der Waals surface area (Å²) >= 11 is 0. The van der Waals surface area contributed by atoms with Crippen LogP contribution in [0.25, 0.3) is 5.69 Å². The lowest BCUT2D eigenvalue weighted by Crippen LogP contribution is -2.45. The molecule has 0 N–H and O–H groups in total. The maximum Gasteiger partial charge on any atom is 0.350 e. The Morgan fingerprint density at radius 1 is 0.961 bits per heavy atom. The van der Waals surface area contributed by atoms with E-state index in [1.54, 1.807) is 15.6 Å². The highest BCUT2D eigenvalue weighted by atomic mass is 19.1. The summed E-state index contributed by atoms with van der Waals surface area (Å²) in [5.41, 5.74) is 1.84. The van der Waals surface area contributed by atoms with Crippen molar-refractivity contribution >= 4 is 5.69 Å². The number of aromatic nitrogens is 6. The van der Waals surface area contributed by atoms with Crippen LogP contribution in [0.4, 0.5) is 14.5 Å². The van der Waals surface area contributed by atoms with Crippen molar-refractivity contribution in [3.05, 3.63) is 125 Å². The molecular weight excluding hydrogens is 658 g/mol. The lowest BCUT2D eigenvalue weighted by atomic mass is 9.94. The highest BCUT2D eigenvalue weighted by molar-refractivity contribution is 5.51. The van der Waals surface area contributed by atoms with Crippen LogP contribution in [0.15, 0.2) is 102 Å². The van der Waals surface area contributed by atoms with Crippen LogP contribution in [0, 0.1) is 11.6 Å². The first kappa shape index (κ1) is 34.5. The normalized spacial score (nSPS) is 22.2. The molecule has 4 heterocycles. The second-order valence-electron chi connectivity index (χ2n) is 12.9. The van der Waals surface area contributed by atoms with Gasteiger partial charge in [0.2, 0.25) is 0 Å². The number of anilines is 1. The summed E-state index contributed by atoms with van der Waals surface area (Å²) < 4.78 is 51.7. The van der Waals surface area contributed by atoms with Gasteiger partial charge in [-0.2, -0.15) is 10.2 Å². The molecule has 0 amide bonds. The van der Waals surface area contributed by atoms with Gasteiger partial charge >= 0.3 is 5.69 Å². The van der Waals surface area contributed by atoms with E-state index in [0.717, 1.165) is 62.2 Å². The zero-order valence-corrected chi connectivity index (χ0v) is 28.7. The molecule has 3 aliphatic rings. The number of hydrogen-bond donors (Lipinski definition) is 0. The van der Waals surface area contributed by atoms with Crippen LogP contribution in [0.5, 0.6) is 0 Å². The lowest BCUT2D eigenvalue weighted by molar-refractivity contribution is -0.136. The summed E-state index contributed by atoms with van der Waals surface area (Å²) in [6, 6.07) is 11.6. The third-order valence-electron chi connectivity index (χ3n) is 9.73. The van der Waals surface area contributed by atoms with Gasteiger partial charge in [-0.15, -0.1) is 0 Å². The van der Waals surface area contributed by atoms with Crippen LogP contribution in [-0.2, 0) is 26.4 Å². The van der Waals surface area contributed by atoms with Crippen LogP contribution in [0.2, 0.25) is 0 Å². The maximum absolute atomic E-state index is 15.0. The topological polar surface area (TPSA) is 105 Å². The van der Waals surface area contributed by atoms with Crippen molar-refractivity contribution in [2.75, 3.05) is 44.3 Å². The molecule has 4 aromatic rings. The molecule has 0 spiro atoms. The first-order chi connectivity index (χ1) is 24.9. The molecule has 2 saturated heterocycles. The van der Waals surface area contributed by atoms with Gasteiger partial charge in [0.25, 0.3) is 0 Å². The monoisotopic (exact) mass is 700 g/mol. The molecule has 0 radical (unpaired) electrons. The fraction of sp³-hybridized carbons (Fsp3) is 0.405. The van der Waals surface area contributed by atoms with Crippen LogP contribution in [0.1, 0.15) is 38.3 Å². The van der Waals surface area contributed by atoms with Crippen molar-refractivity contribution < 1.29 is 23.0 Å². The second kappa shape index (κ2) is 15.1. The van der Waals surface area contributed by atoms with Gasteiger partial charge in [0.1, 0.15) is 36.2 Å². The summed E-state index contributed by atoms with van der Waals surface area (Å²) in [4.78, 5) is 21.6. The van der Waals surface area contributed by atoms with Gasteiger partial charge < -0.3 is 24.0 Å². The highest BCUT2D eigenvalue weighted by Crippen LogP contribution is 2.37. The van der Waals surface area contributed by atoms with Crippen molar-refractivity contribution in [1.29, 1.82) is 0 Å².